The van der Waals surface area contributed by atoms with Crippen molar-refractivity contribution in [3.05, 3.63) is 93.3 Å². The van der Waals surface area contributed by atoms with Crippen molar-refractivity contribution in [3.8, 4) is 0 Å². The first kappa shape index (κ1) is 28.0. The van der Waals surface area contributed by atoms with E-state index in [2.05, 4.69) is 20.5 Å². The Bertz CT molecular complexity index is 1690. The van der Waals surface area contributed by atoms with Crippen molar-refractivity contribution in [2.45, 2.75) is 69.6 Å². The van der Waals surface area contributed by atoms with Crippen molar-refractivity contribution in [1.29, 1.82) is 0 Å². The van der Waals surface area contributed by atoms with Crippen molar-refractivity contribution in [3.63, 3.8) is 0 Å². The summed E-state index contributed by atoms with van der Waals surface area (Å²) in [6.07, 6.45) is 2.20. The lowest BCUT2D eigenvalue weighted by Crippen LogP contribution is -2.46. The molecule has 220 valence electrons. The Kier molecular flexibility index (Phi) is 7.30. The van der Waals surface area contributed by atoms with Crippen LogP contribution in [-0.2, 0) is 12.1 Å². The normalized spacial score (nSPS) is 19.9. The van der Waals surface area contributed by atoms with Gasteiger partial charge in [-0.1, -0.05) is 30.3 Å². The summed E-state index contributed by atoms with van der Waals surface area (Å²) in [6.45, 7) is 4.37. The SMILES string of the molecule is CC(C)(O)c1nnc2n1C[C@H](c1cccc(F)c1F)CC[C@H]2NC(=O)N1CCC(c2cc3ccccc3[nH]c2=O)CC1. The molecule has 2 atom stereocenters. The van der Waals surface area contributed by atoms with Gasteiger partial charge in [-0.2, -0.15) is 0 Å². The van der Waals surface area contributed by atoms with Crippen molar-refractivity contribution >= 4 is 16.9 Å². The summed E-state index contributed by atoms with van der Waals surface area (Å²) in [5.74, 6) is -1.41. The number of aromatic amines is 1. The van der Waals surface area contributed by atoms with Gasteiger partial charge in [-0.3, -0.25) is 4.79 Å². The van der Waals surface area contributed by atoms with Gasteiger partial charge in [-0.15, -0.1) is 10.2 Å². The molecule has 3 N–H and O–H groups in total. The van der Waals surface area contributed by atoms with Crippen molar-refractivity contribution < 1.29 is 18.7 Å². The average molecular weight is 577 g/mol. The number of H-pyrrole nitrogens is 1. The van der Waals surface area contributed by atoms with E-state index in [1.54, 1.807) is 29.4 Å². The molecule has 0 saturated carbocycles. The minimum atomic E-state index is -1.34. The molecule has 9 nitrogen and oxygen atoms in total. The van der Waals surface area contributed by atoms with E-state index in [0.29, 0.717) is 50.4 Å². The number of nitrogens with one attached hydrogen (secondary N) is 2. The molecular weight excluding hydrogens is 542 g/mol. The Hall–Kier alpha value is -4.12. The first-order valence-electron chi connectivity index (χ1n) is 14.4. The predicted octanol–water partition coefficient (Wildman–Crippen LogP) is 4.83. The fourth-order valence-electron chi connectivity index (χ4n) is 6.34. The molecule has 0 radical (unpaired) electrons. The molecule has 6 rings (SSSR count). The molecule has 0 spiro atoms. The predicted molar refractivity (Wildman–Crippen MR) is 153 cm³/mol. The monoisotopic (exact) mass is 576 g/mol. The molecule has 2 amide bonds. The highest BCUT2D eigenvalue weighted by atomic mass is 19.2. The van der Waals surface area contributed by atoms with Crippen LogP contribution in [0.25, 0.3) is 10.9 Å². The van der Waals surface area contributed by atoms with Gasteiger partial charge in [0.2, 0.25) is 0 Å². The first-order valence-corrected chi connectivity index (χ1v) is 14.4. The highest BCUT2D eigenvalue weighted by molar-refractivity contribution is 5.79. The van der Waals surface area contributed by atoms with E-state index in [1.165, 1.54) is 6.07 Å². The van der Waals surface area contributed by atoms with E-state index >= 15 is 0 Å². The third-order valence-electron chi connectivity index (χ3n) is 8.57. The van der Waals surface area contributed by atoms with Gasteiger partial charge < -0.3 is 24.9 Å². The van der Waals surface area contributed by atoms with E-state index < -0.39 is 29.2 Å². The maximum atomic E-state index is 14.8. The maximum absolute atomic E-state index is 14.8. The van der Waals surface area contributed by atoms with Gasteiger partial charge in [0.05, 0.1) is 6.04 Å². The van der Waals surface area contributed by atoms with Crippen LogP contribution in [0.4, 0.5) is 13.6 Å². The molecule has 0 aliphatic carbocycles. The molecule has 11 heteroatoms. The molecule has 1 fully saturated rings. The van der Waals surface area contributed by atoms with Crippen molar-refractivity contribution in [2.24, 2.45) is 0 Å². The number of urea groups is 1. The smallest absolute Gasteiger partial charge is 0.317 e. The average Bonchev–Trinajstić information content (AvgIpc) is 3.32. The fourth-order valence-corrected chi connectivity index (χ4v) is 6.34. The van der Waals surface area contributed by atoms with Gasteiger partial charge >= 0.3 is 6.03 Å². The van der Waals surface area contributed by atoms with Crippen LogP contribution in [0.5, 0.6) is 0 Å². The molecule has 0 bridgehead atoms. The lowest BCUT2D eigenvalue weighted by molar-refractivity contribution is 0.0637. The molecular formula is C31H34F2N6O3. The summed E-state index contributed by atoms with van der Waals surface area (Å²) < 4.78 is 30.6. The molecule has 2 aliphatic heterocycles. The second-order valence-corrected chi connectivity index (χ2v) is 11.9. The Balaban J connectivity index is 1.19. The molecule has 1 saturated heterocycles. The number of benzene rings is 2. The van der Waals surface area contributed by atoms with Crippen LogP contribution >= 0.6 is 0 Å². The number of para-hydroxylation sites is 1. The molecule has 4 aromatic rings. The number of nitrogens with zero attached hydrogens (tertiary/aromatic N) is 4. The summed E-state index contributed by atoms with van der Waals surface area (Å²) in [5, 5.41) is 23.4. The second kappa shape index (κ2) is 10.9. The number of fused-ring (bicyclic) bond motifs is 2. The van der Waals surface area contributed by atoms with Gasteiger partial charge in [-0.05, 0) is 74.6 Å². The summed E-state index contributed by atoms with van der Waals surface area (Å²) in [6, 6.07) is 13.0. The van der Waals surface area contributed by atoms with Crippen molar-refractivity contribution in [1.82, 2.24) is 30.0 Å². The van der Waals surface area contributed by atoms with Gasteiger partial charge in [0.1, 0.15) is 5.60 Å². The van der Waals surface area contributed by atoms with Crippen LogP contribution in [0.15, 0.2) is 53.3 Å². The van der Waals surface area contributed by atoms with E-state index in [9.17, 15) is 23.5 Å². The largest absolute Gasteiger partial charge is 0.382 e. The summed E-state index contributed by atoms with van der Waals surface area (Å²) in [4.78, 5) is 30.9. The number of halogens is 2. The third kappa shape index (κ3) is 5.29. The Morgan fingerprint density at radius 2 is 1.76 bits per heavy atom. The summed E-state index contributed by atoms with van der Waals surface area (Å²) >= 11 is 0. The van der Waals surface area contributed by atoms with Gasteiger partial charge in [0.25, 0.3) is 5.56 Å². The number of carbonyl (C=O) groups is 1. The topological polar surface area (TPSA) is 116 Å². The van der Waals surface area contributed by atoms with Crippen LogP contribution in [0.2, 0.25) is 0 Å². The number of rotatable bonds is 4. The minimum Gasteiger partial charge on any atom is -0.382 e. The maximum Gasteiger partial charge on any atom is 0.317 e. The summed E-state index contributed by atoms with van der Waals surface area (Å²) in [7, 11) is 0. The van der Waals surface area contributed by atoms with E-state index in [0.717, 1.165) is 22.5 Å². The van der Waals surface area contributed by atoms with Gasteiger partial charge in [0.15, 0.2) is 23.3 Å². The number of carbonyl (C=O) groups excluding carboxylic acids is 1. The number of likely N-dealkylation sites (tertiary alicyclic amines) is 1. The molecule has 2 aromatic heterocycles. The van der Waals surface area contributed by atoms with Crippen molar-refractivity contribution in [2.75, 3.05) is 13.1 Å². The molecule has 2 aliphatic rings. The van der Waals surface area contributed by atoms with Crippen LogP contribution in [0.1, 0.15) is 80.2 Å². The first-order chi connectivity index (χ1) is 20.1. The number of amides is 2. The number of hydrogen-bond acceptors (Lipinski definition) is 5. The van der Waals surface area contributed by atoms with Gasteiger partial charge in [0, 0.05) is 36.6 Å². The van der Waals surface area contributed by atoms with Crippen LogP contribution in [0.3, 0.4) is 0 Å². The molecule has 42 heavy (non-hydrogen) atoms. The zero-order chi connectivity index (χ0) is 29.6. The quantitative estimate of drug-likeness (QED) is 0.322. The number of hydrogen-bond donors (Lipinski definition) is 3. The number of aliphatic hydroxyl groups is 1. The lowest BCUT2D eigenvalue weighted by Gasteiger charge is -2.33. The van der Waals surface area contributed by atoms with E-state index in [4.69, 9.17) is 0 Å². The fraction of sp³-hybridized carbons (Fsp3) is 0.419. The zero-order valence-corrected chi connectivity index (χ0v) is 23.6. The summed E-state index contributed by atoms with van der Waals surface area (Å²) in [5.41, 5.74) is 0.350. The lowest BCUT2D eigenvalue weighted by atomic mass is 9.89. The Morgan fingerprint density at radius 1 is 1.00 bits per heavy atom. The highest BCUT2D eigenvalue weighted by Crippen LogP contribution is 2.36. The minimum absolute atomic E-state index is 0.0413. The number of aromatic nitrogens is 4. The van der Waals surface area contributed by atoms with Crippen LogP contribution in [-0.4, -0.2) is 48.9 Å². The Labute approximate surface area is 241 Å². The molecule has 2 aromatic carbocycles. The second-order valence-electron chi connectivity index (χ2n) is 11.9. The highest BCUT2D eigenvalue weighted by Gasteiger charge is 2.36. The molecule has 4 heterocycles. The van der Waals surface area contributed by atoms with Crippen LogP contribution < -0.4 is 10.9 Å². The Morgan fingerprint density at radius 3 is 2.52 bits per heavy atom. The van der Waals surface area contributed by atoms with E-state index in [1.807, 2.05) is 30.3 Å². The van der Waals surface area contributed by atoms with Gasteiger partial charge in [-0.25, -0.2) is 13.6 Å². The molecule has 0 unspecified atom stereocenters. The zero-order valence-electron chi connectivity index (χ0n) is 23.6. The van der Waals surface area contributed by atoms with E-state index in [-0.39, 0.29) is 29.6 Å². The standard InChI is InChI=1S/C31H34F2N6O3/c1-31(2,42)29-37-36-27-25(11-10-20(17-39(27)29)21-7-5-8-23(32)26(21)33)35-30(41)38-14-12-18(13-15-38)22-16-19-6-3-4-9-24(19)34-28(22)40/h3-9,16,18,20,25,42H,10-15,17H2,1-2H3,(H,34,40)(H,35,41)/t20-,25-/m1/s1. The van der Waals surface area contributed by atoms with Crippen LogP contribution in [0, 0.1) is 11.6 Å². The number of piperidine rings is 1. The number of pyridine rings is 1. The third-order valence-corrected chi connectivity index (χ3v) is 8.57.